The first-order valence-electron chi connectivity index (χ1n) is 7.01. The van der Waals surface area contributed by atoms with Crippen LogP contribution in [0.15, 0.2) is 0 Å². The minimum absolute atomic E-state index is 0.119. The van der Waals surface area contributed by atoms with Crippen LogP contribution in [0.2, 0.25) is 0 Å². The van der Waals surface area contributed by atoms with E-state index in [0.717, 1.165) is 38.6 Å². The van der Waals surface area contributed by atoms with Crippen LogP contribution in [0.1, 0.15) is 51.4 Å². The van der Waals surface area contributed by atoms with Gasteiger partial charge in [0.1, 0.15) is 6.29 Å². The minimum Gasteiger partial charge on any atom is -0.391 e. The summed E-state index contributed by atoms with van der Waals surface area (Å²) in [5.74, 6) is 0. The summed E-state index contributed by atoms with van der Waals surface area (Å²) in [6, 6.07) is 0.265. The van der Waals surface area contributed by atoms with Gasteiger partial charge in [-0.05, 0) is 32.7 Å². The lowest BCUT2D eigenvalue weighted by Crippen LogP contribution is -2.47. The van der Waals surface area contributed by atoms with E-state index in [2.05, 4.69) is 11.9 Å². The maximum atomic E-state index is 11.3. The van der Waals surface area contributed by atoms with Crippen molar-refractivity contribution in [1.29, 1.82) is 0 Å². The van der Waals surface area contributed by atoms with Crippen LogP contribution in [-0.4, -0.2) is 42.0 Å². The number of aliphatic hydroxyl groups excluding tert-OH is 1. The zero-order valence-corrected chi connectivity index (χ0v) is 10.9. The Hall–Kier alpha value is -0.410. The number of nitrogens with zero attached hydrogens (tertiary/aromatic N) is 1. The third-order valence-electron chi connectivity index (χ3n) is 4.67. The molecule has 2 aliphatic rings. The highest BCUT2D eigenvalue weighted by atomic mass is 16.3. The molecule has 2 aliphatic carbocycles. The van der Waals surface area contributed by atoms with Crippen LogP contribution in [0.5, 0.6) is 0 Å². The quantitative estimate of drug-likeness (QED) is 0.763. The van der Waals surface area contributed by atoms with E-state index in [4.69, 9.17) is 0 Å². The lowest BCUT2D eigenvalue weighted by atomic mass is 9.85. The molecule has 0 aliphatic heterocycles. The summed E-state index contributed by atoms with van der Waals surface area (Å²) in [4.78, 5) is 13.6. The van der Waals surface area contributed by atoms with E-state index in [9.17, 15) is 9.90 Å². The van der Waals surface area contributed by atoms with Gasteiger partial charge in [0, 0.05) is 18.0 Å². The van der Waals surface area contributed by atoms with Crippen molar-refractivity contribution in [3.8, 4) is 0 Å². The molecule has 0 heterocycles. The molecule has 3 heteroatoms. The highest BCUT2D eigenvalue weighted by Crippen LogP contribution is 2.37. The van der Waals surface area contributed by atoms with Crippen LogP contribution in [-0.2, 0) is 4.79 Å². The highest BCUT2D eigenvalue weighted by Gasteiger charge is 2.37. The van der Waals surface area contributed by atoms with Gasteiger partial charge < -0.3 is 9.90 Å². The standard InChI is InChI=1S/C14H25NO2/c1-15(12-6-2-3-7-13(12)17)10-14(11-16)8-4-5-9-14/h11-13,17H,2-10H2,1H3. The molecule has 0 aromatic rings. The molecule has 2 unspecified atom stereocenters. The maximum Gasteiger partial charge on any atom is 0.127 e. The molecule has 2 saturated carbocycles. The van der Waals surface area contributed by atoms with E-state index in [1.165, 1.54) is 25.5 Å². The molecule has 3 nitrogen and oxygen atoms in total. The molecular weight excluding hydrogens is 214 g/mol. The molecule has 0 aromatic carbocycles. The Morgan fingerprint density at radius 1 is 1.24 bits per heavy atom. The lowest BCUT2D eigenvalue weighted by Gasteiger charge is -2.38. The monoisotopic (exact) mass is 239 g/mol. The number of carbonyl (C=O) groups is 1. The first-order valence-corrected chi connectivity index (χ1v) is 7.01. The second kappa shape index (κ2) is 5.49. The molecule has 1 N–H and O–H groups in total. The Morgan fingerprint density at radius 3 is 2.47 bits per heavy atom. The smallest absolute Gasteiger partial charge is 0.127 e. The van der Waals surface area contributed by atoms with Crippen molar-refractivity contribution < 1.29 is 9.90 Å². The molecule has 2 atom stereocenters. The number of likely N-dealkylation sites (N-methyl/N-ethyl adjacent to an activating group) is 1. The van der Waals surface area contributed by atoms with Crippen LogP contribution in [0, 0.1) is 5.41 Å². The van der Waals surface area contributed by atoms with Gasteiger partial charge in [0.05, 0.1) is 6.10 Å². The minimum atomic E-state index is -0.196. The molecular formula is C14H25NO2. The summed E-state index contributed by atoms with van der Waals surface area (Å²) in [7, 11) is 2.07. The van der Waals surface area contributed by atoms with Crippen LogP contribution in [0.3, 0.4) is 0 Å². The van der Waals surface area contributed by atoms with Crippen LogP contribution in [0.4, 0.5) is 0 Å². The van der Waals surface area contributed by atoms with Crippen LogP contribution in [0.25, 0.3) is 0 Å². The number of aldehydes is 1. The summed E-state index contributed by atoms with van der Waals surface area (Å²) in [6.07, 6.45) is 9.75. The molecule has 98 valence electrons. The topological polar surface area (TPSA) is 40.5 Å². The second-order valence-electron chi connectivity index (χ2n) is 6.02. The van der Waals surface area contributed by atoms with Gasteiger partial charge in [-0.15, -0.1) is 0 Å². The lowest BCUT2D eigenvalue weighted by molar-refractivity contribution is -0.117. The van der Waals surface area contributed by atoms with E-state index in [1.807, 2.05) is 0 Å². The fourth-order valence-corrected chi connectivity index (χ4v) is 3.61. The van der Waals surface area contributed by atoms with Gasteiger partial charge in [-0.1, -0.05) is 25.7 Å². The van der Waals surface area contributed by atoms with Crippen molar-refractivity contribution in [3.05, 3.63) is 0 Å². The normalized spacial score (nSPS) is 32.9. The number of rotatable bonds is 4. The Morgan fingerprint density at radius 2 is 1.88 bits per heavy atom. The zero-order valence-electron chi connectivity index (χ0n) is 10.9. The first-order chi connectivity index (χ1) is 8.17. The second-order valence-corrected chi connectivity index (χ2v) is 6.02. The van der Waals surface area contributed by atoms with Gasteiger partial charge in [0.25, 0.3) is 0 Å². The van der Waals surface area contributed by atoms with E-state index in [-0.39, 0.29) is 17.6 Å². The summed E-state index contributed by atoms with van der Waals surface area (Å²) >= 11 is 0. The fraction of sp³-hybridized carbons (Fsp3) is 0.929. The van der Waals surface area contributed by atoms with Crippen molar-refractivity contribution in [2.75, 3.05) is 13.6 Å². The summed E-state index contributed by atoms with van der Waals surface area (Å²) < 4.78 is 0. The van der Waals surface area contributed by atoms with Gasteiger partial charge in [0.15, 0.2) is 0 Å². The average Bonchev–Trinajstić information content (AvgIpc) is 2.79. The van der Waals surface area contributed by atoms with E-state index in [1.54, 1.807) is 0 Å². The molecule has 0 aromatic heterocycles. The molecule has 2 rings (SSSR count). The number of carbonyl (C=O) groups excluding carboxylic acids is 1. The number of aliphatic hydroxyl groups is 1. The molecule has 2 fully saturated rings. The largest absolute Gasteiger partial charge is 0.391 e. The molecule has 17 heavy (non-hydrogen) atoms. The summed E-state index contributed by atoms with van der Waals surface area (Å²) in [5, 5.41) is 10.0. The predicted molar refractivity (Wildman–Crippen MR) is 67.9 cm³/mol. The molecule has 0 amide bonds. The van der Waals surface area contributed by atoms with Crippen molar-refractivity contribution in [2.45, 2.75) is 63.5 Å². The fourth-order valence-electron chi connectivity index (χ4n) is 3.61. The SMILES string of the molecule is CN(CC1(C=O)CCCC1)C1CCCCC1O. The Kier molecular flexibility index (Phi) is 4.21. The van der Waals surface area contributed by atoms with Gasteiger partial charge in [-0.2, -0.15) is 0 Å². The van der Waals surface area contributed by atoms with E-state index in [0.29, 0.717) is 0 Å². The number of hydrogen-bond acceptors (Lipinski definition) is 3. The van der Waals surface area contributed by atoms with Gasteiger partial charge >= 0.3 is 0 Å². The molecule has 0 saturated heterocycles. The first kappa shape index (κ1) is 13.0. The zero-order chi connectivity index (χ0) is 12.3. The third kappa shape index (κ3) is 2.89. The predicted octanol–water partition coefficient (Wildman–Crippen LogP) is 1.98. The number of hydrogen-bond donors (Lipinski definition) is 1. The van der Waals surface area contributed by atoms with E-state index < -0.39 is 0 Å². The third-order valence-corrected chi connectivity index (χ3v) is 4.67. The molecule has 0 radical (unpaired) electrons. The molecule has 0 spiro atoms. The van der Waals surface area contributed by atoms with Crippen molar-refractivity contribution in [3.63, 3.8) is 0 Å². The van der Waals surface area contributed by atoms with E-state index >= 15 is 0 Å². The maximum absolute atomic E-state index is 11.3. The summed E-state index contributed by atoms with van der Waals surface area (Å²) in [5.41, 5.74) is -0.119. The Labute approximate surface area is 104 Å². The van der Waals surface area contributed by atoms with Crippen LogP contribution >= 0.6 is 0 Å². The Balaban J connectivity index is 1.94. The average molecular weight is 239 g/mol. The highest BCUT2D eigenvalue weighted by molar-refractivity contribution is 5.60. The van der Waals surface area contributed by atoms with Crippen molar-refractivity contribution in [2.24, 2.45) is 5.41 Å². The Bertz CT molecular complexity index is 261. The van der Waals surface area contributed by atoms with Crippen molar-refractivity contribution >= 4 is 6.29 Å². The van der Waals surface area contributed by atoms with Gasteiger partial charge in [-0.3, -0.25) is 4.90 Å². The van der Waals surface area contributed by atoms with Crippen LogP contribution < -0.4 is 0 Å². The molecule has 0 bridgehead atoms. The van der Waals surface area contributed by atoms with Crippen molar-refractivity contribution in [1.82, 2.24) is 4.90 Å². The van der Waals surface area contributed by atoms with Gasteiger partial charge in [-0.25, -0.2) is 0 Å². The van der Waals surface area contributed by atoms with Gasteiger partial charge in [0.2, 0.25) is 0 Å². The summed E-state index contributed by atoms with van der Waals surface area (Å²) in [6.45, 7) is 0.832.